The lowest BCUT2D eigenvalue weighted by atomic mass is 9.69. The molecule has 40 heavy (non-hydrogen) atoms. The van der Waals surface area contributed by atoms with Gasteiger partial charge in [0.05, 0.1) is 31.5 Å². The summed E-state index contributed by atoms with van der Waals surface area (Å²) in [7, 11) is 3.68. The summed E-state index contributed by atoms with van der Waals surface area (Å²) in [6, 6.07) is 4.07. The molecule has 1 aromatic rings. The van der Waals surface area contributed by atoms with Crippen molar-refractivity contribution < 1.29 is 23.7 Å². The highest BCUT2D eigenvalue weighted by Gasteiger charge is 2.42. The Morgan fingerprint density at radius 1 is 0.675 bits per heavy atom. The molecule has 0 heterocycles. The zero-order valence-corrected chi connectivity index (χ0v) is 26.3. The van der Waals surface area contributed by atoms with Crippen LogP contribution in [-0.2, 0) is 9.47 Å². The molecule has 3 aliphatic rings. The first kappa shape index (κ1) is 30.8. The molecule has 2 unspecified atom stereocenters. The van der Waals surface area contributed by atoms with Gasteiger partial charge in [-0.05, 0) is 85.1 Å². The molecule has 0 saturated heterocycles. The lowest BCUT2D eigenvalue weighted by molar-refractivity contribution is 0.0892. The predicted molar refractivity (Wildman–Crippen MR) is 161 cm³/mol. The van der Waals surface area contributed by atoms with Crippen molar-refractivity contribution in [1.82, 2.24) is 0 Å². The second-order valence-electron chi connectivity index (χ2n) is 12.7. The average molecular weight is 554 g/mol. The van der Waals surface area contributed by atoms with E-state index >= 15 is 0 Å². The first-order valence-electron chi connectivity index (χ1n) is 15.9. The number of rotatable bonds is 11. The van der Waals surface area contributed by atoms with Crippen molar-refractivity contribution in [1.29, 1.82) is 0 Å². The highest BCUT2D eigenvalue weighted by Crippen LogP contribution is 2.51. The SMILES string of the molecule is COC1=C(C2CCCCC2)C(OC)C(c2c(OC(C)C)cc(OC(C)C)cc2OC(C)C)[C]=C1C1CCCCC1. The fraction of sp³-hybridized carbons (Fsp3) is 0.714. The van der Waals surface area contributed by atoms with Gasteiger partial charge in [0.25, 0.3) is 0 Å². The van der Waals surface area contributed by atoms with Crippen molar-refractivity contribution in [3.8, 4) is 17.2 Å². The molecule has 5 nitrogen and oxygen atoms in total. The van der Waals surface area contributed by atoms with Gasteiger partial charge >= 0.3 is 0 Å². The van der Waals surface area contributed by atoms with Gasteiger partial charge in [0.1, 0.15) is 23.0 Å². The summed E-state index contributed by atoms with van der Waals surface area (Å²) in [5.74, 6) is 4.10. The molecule has 0 aliphatic heterocycles. The van der Waals surface area contributed by atoms with E-state index in [2.05, 4.69) is 33.8 Å². The minimum Gasteiger partial charge on any atom is -0.496 e. The van der Waals surface area contributed by atoms with E-state index in [1.54, 1.807) is 0 Å². The fourth-order valence-corrected chi connectivity index (χ4v) is 6.94. The third-order valence-electron chi connectivity index (χ3n) is 8.43. The first-order chi connectivity index (χ1) is 19.2. The topological polar surface area (TPSA) is 46.2 Å². The van der Waals surface area contributed by atoms with E-state index in [-0.39, 0.29) is 30.3 Å². The smallest absolute Gasteiger partial charge is 0.131 e. The number of hydrogen-bond acceptors (Lipinski definition) is 5. The van der Waals surface area contributed by atoms with Crippen molar-refractivity contribution in [3.05, 3.63) is 40.7 Å². The van der Waals surface area contributed by atoms with Crippen molar-refractivity contribution in [3.63, 3.8) is 0 Å². The lowest BCUT2D eigenvalue weighted by Crippen LogP contribution is -2.35. The summed E-state index contributed by atoms with van der Waals surface area (Å²) >= 11 is 0. The van der Waals surface area contributed by atoms with Gasteiger partial charge < -0.3 is 23.7 Å². The Morgan fingerprint density at radius 3 is 1.62 bits per heavy atom. The van der Waals surface area contributed by atoms with E-state index in [0.29, 0.717) is 11.8 Å². The summed E-state index contributed by atoms with van der Waals surface area (Å²) < 4.78 is 32.0. The summed E-state index contributed by atoms with van der Waals surface area (Å²) in [6.07, 6.45) is 16.2. The number of hydrogen-bond donors (Lipinski definition) is 0. The van der Waals surface area contributed by atoms with Gasteiger partial charge in [-0.25, -0.2) is 0 Å². The second kappa shape index (κ2) is 14.2. The Balaban J connectivity index is 1.94. The monoisotopic (exact) mass is 553 g/mol. The van der Waals surface area contributed by atoms with Crippen molar-refractivity contribution in [2.75, 3.05) is 14.2 Å². The maximum absolute atomic E-state index is 6.54. The number of ether oxygens (including phenoxy) is 5. The van der Waals surface area contributed by atoms with Crippen LogP contribution in [0.25, 0.3) is 0 Å². The Morgan fingerprint density at radius 2 is 1.18 bits per heavy atom. The maximum atomic E-state index is 6.54. The maximum Gasteiger partial charge on any atom is 0.131 e. The highest BCUT2D eigenvalue weighted by molar-refractivity contribution is 5.57. The molecule has 2 fully saturated rings. The van der Waals surface area contributed by atoms with E-state index in [1.807, 2.05) is 40.2 Å². The van der Waals surface area contributed by atoms with Crippen LogP contribution in [0.2, 0.25) is 0 Å². The van der Waals surface area contributed by atoms with E-state index < -0.39 is 0 Å². The Kier molecular flexibility index (Phi) is 10.9. The van der Waals surface area contributed by atoms with Crippen LogP contribution in [0.1, 0.15) is 117 Å². The molecule has 0 amide bonds. The van der Waals surface area contributed by atoms with Crippen LogP contribution in [0, 0.1) is 17.9 Å². The van der Waals surface area contributed by atoms with Crippen molar-refractivity contribution in [2.24, 2.45) is 11.8 Å². The first-order valence-corrected chi connectivity index (χ1v) is 15.9. The molecule has 1 aromatic carbocycles. The molecule has 5 heteroatoms. The quantitative estimate of drug-likeness (QED) is 0.274. The second-order valence-corrected chi connectivity index (χ2v) is 12.7. The summed E-state index contributed by atoms with van der Waals surface area (Å²) in [5, 5.41) is 0. The molecule has 4 rings (SSSR count). The van der Waals surface area contributed by atoms with Gasteiger partial charge in [-0.15, -0.1) is 0 Å². The predicted octanol–water partition coefficient (Wildman–Crippen LogP) is 8.95. The number of methoxy groups -OCH3 is 2. The van der Waals surface area contributed by atoms with Gasteiger partial charge in [0.2, 0.25) is 0 Å². The summed E-state index contributed by atoms with van der Waals surface area (Å²) in [5.41, 5.74) is 3.57. The molecule has 0 aromatic heterocycles. The zero-order valence-electron chi connectivity index (χ0n) is 26.3. The Bertz CT molecular complexity index is 993. The minimum atomic E-state index is -0.203. The molecule has 2 atom stereocenters. The van der Waals surface area contributed by atoms with Gasteiger partial charge in [-0.1, -0.05) is 38.5 Å². The minimum absolute atomic E-state index is 0.00535. The van der Waals surface area contributed by atoms with Gasteiger partial charge in [-0.2, -0.15) is 0 Å². The average Bonchev–Trinajstić information content (AvgIpc) is 2.92. The molecule has 1 radical (unpaired) electrons. The molecular formula is C35H53O5. The lowest BCUT2D eigenvalue weighted by Gasteiger charge is -2.40. The van der Waals surface area contributed by atoms with Crippen molar-refractivity contribution in [2.45, 2.75) is 136 Å². The molecule has 223 valence electrons. The zero-order chi connectivity index (χ0) is 28.8. The van der Waals surface area contributed by atoms with Crippen LogP contribution in [0.3, 0.4) is 0 Å². The van der Waals surface area contributed by atoms with E-state index in [1.165, 1.54) is 75.4 Å². The Labute approximate surface area is 243 Å². The number of allylic oxidation sites excluding steroid dienone is 1. The van der Waals surface area contributed by atoms with E-state index in [4.69, 9.17) is 23.7 Å². The number of benzene rings is 1. The van der Waals surface area contributed by atoms with Crippen LogP contribution in [0.15, 0.2) is 29.0 Å². The van der Waals surface area contributed by atoms with Gasteiger partial charge in [-0.3, -0.25) is 0 Å². The molecule has 0 bridgehead atoms. The largest absolute Gasteiger partial charge is 0.496 e. The van der Waals surface area contributed by atoms with Crippen LogP contribution in [-0.4, -0.2) is 38.6 Å². The van der Waals surface area contributed by atoms with Crippen LogP contribution < -0.4 is 14.2 Å². The van der Waals surface area contributed by atoms with E-state index in [9.17, 15) is 0 Å². The van der Waals surface area contributed by atoms with Crippen LogP contribution in [0.4, 0.5) is 0 Å². The molecule has 2 saturated carbocycles. The van der Waals surface area contributed by atoms with E-state index in [0.717, 1.165) is 28.6 Å². The third-order valence-corrected chi connectivity index (χ3v) is 8.43. The standard InChI is InChI=1S/C35H53O5/c1-22(2)38-27-19-30(39-23(3)4)33(31(20-27)40-24(5)6)29-21-28(25-15-11-9-12-16-25)34(36-7)32(35(29)37-8)26-17-13-10-14-18-26/h19-20,22-26,29,35H,9-18H2,1-8H3. The van der Waals surface area contributed by atoms with Gasteiger partial charge in [0.15, 0.2) is 0 Å². The summed E-state index contributed by atoms with van der Waals surface area (Å²) in [4.78, 5) is 0. The normalized spacial score (nSPS) is 23.1. The van der Waals surface area contributed by atoms with Crippen LogP contribution >= 0.6 is 0 Å². The molecule has 0 spiro atoms. The highest BCUT2D eigenvalue weighted by atomic mass is 16.5. The summed E-state index contributed by atoms with van der Waals surface area (Å²) in [6.45, 7) is 12.4. The van der Waals surface area contributed by atoms with Gasteiger partial charge in [0, 0.05) is 41.9 Å². The van der Waals surface area contributed by atoms with Crippen LogP contribution in [0.5, 0.6) is 17.2 Å². The third kappa shape index (κ3) is 7.19. The molecule has 3 aliphatic carbocycles. The molecular weight excluding hydrogens is 500 g/mol. The molecule has 0 N–H and O–H groups in total. The van der Waals surface area contributed by atoms with Crippen molar-refractivity contribution >= 4 is 0 Å². The fourth-order valence-electron chi connectivity index (χ4n) is 6.94. The Hall–Kier alpha value is -2.14.